The summed E-state index contributed by atoms with van der Waals surface area (Å²) in [5.41, 5.74) is 3.48. The highest BCUT2D eigenvalue weighted by Crippen LogP contribution is 2.28. The van der Waals surface area contributed by atoms with Gasteiger partial charge in [0.05, 0.1) is 13.3 Å². The zero-order valence-corrected chi connectivity index (χ0v) is 20.3. The van der Waals surface area contributed by atoms with Gasteiger partial charge in [-0.15, -0.1) is 0 Å². The summed E-state index contributed by atoms with van der Waals surface area (Å²) in [5.74, 6) is 1.66. The summed E-state index contributed by atoms with van der Waals surface area (Å²) in [4.78, 5) is 22.7. The van der Waals surface area contributed by atoms with E-state index in [0.717, 1.165) is 37.3 Å². The highest BCUT2D eigenvalue weighted by atomic mass is 19.1. The molecule has 1 fully saturated rings. The predicted molar refractivity (Wildman–Crippen MR) is 141 cm³/mol. The van der Waals surface area contributed by atoms with Crippen molar-refractivity contribution < 1.29 is 13.9 Å². The molecule has 3 N–H and O–H groups in total. The topological polar surface area (TPSA) is 91.4 Å². The highest BCUT2D eigenvalue weighted by molar-refractivity contribution is 5.99. The Bertz CT molecular complexity index is 1190. The molecule has 1 aromatic heterocycles. The van der Waals surface area contributed by atoms with Gasteiger partial charge in [0.15, 0.2) is 11.6 Å². The van der Waals surface area contributed by atoms with E-state index in [1.165, 1.54) is 11.6 Å². The molecular formula is C27H31FN6O2. The van der Waals surface area contributed by atoms with Gasteiger partial charge in [-0.25, -0.2) is 9.37 Å². The van der Waals surface area contributed by atoms with Crippen LogP contribution < -0.4 is 20.7 Å². The summed E-state index contributed by atoms with van der Waals surface area (Å²) in [7, 11) is 1.55. The number of methoxy groups -OCH3 is 1. The van der Waals surface area contributed by atoms with Crippen molar-refractivity contribution in [3.05, 3.63) is 72.9 Å². The Kier molecular flexibility index (Phi) is 8.46. The van der Waals surface area contributed by atoms with E-state index >= 15 is 0 Å². The molecule has 0 unspecified atom stereocenters. The van der Waals surface area contributed by atoms with Crippen molar-refractivity contribution in [1.29, 1.82) is 0 Å². The lowest BCUT2D eigenvalue weighted by Gasteiger charge is -2.14. The zero-order valence-electron chi connectivity index (χ0n) is 20.3. The third kappa shape index (κ3) is 6.79. The summed E-state index contributed by atoms with van der Waals surface area (Å²) in [6.45, 7) is 5.67. The van der Waals surface area contributed by atoms with Crippen LogP contribution in [0.2, 0.25) is 0 Å². The van der Waals surface area contributed by atoms with Crippen molar-refractivity contribution in [2.24, 2.45) is 5.92 Å². The molecule has 2 heterocycles. The van der Waals surface area contributed by atoms with Gasteiger partial charge in [0, 0.05) is 30.2 Å². The van der Waals surface area contributed by atoms with E-state index in [1.54, 1.807) is 25.4 Å². The van der Waals surface area contributed by atoms with E-state index < -0.39 is 0 Å². The maximum Gasteiger partial charge on any atom is 0.247 e. The number of nitrogens with one attached hydrogen (secondary N) is 3. The molecule has 4 rings (SSSR count). The van der Waals surface area contributed by atoms with E-state index in [2.05, 4.69) is 49.5 Å². The molecule has 0 saturated carbocycles. The number of anilines is 5. The molecule has 0 aliphatic carbocycles. The first kappa shape index (κ1) is 25.1. The molecule has 1 aliphatic rings. The first-order chi connectivity index (χ1) is 17.6. The normalized spacial score (nSPS) is 15.3. The SMILES string of the molecule is C=CC(=O)Nc1cccc(Nc2nc(Nc3ccc(C[C@@H]4CCN(CCF)C4)cc3)ncc2OC)c1. The number of carbonyl (C=O) groups excluding carboxylic acids is 1. The number of carbonyl (C=O) groups is 1. The van der Waals surface area contributed by atoms with Gasteiger partial charge in [-0.2, -0.15) is 4.98 Å². The minimum absolute atomic E-state index is 0.280. The number of likely N-dealkylation sites (tertiary alicyclic amines) is 1. The number of ether oxygens (including phenoxy) is 1. The maximum atomic E-state index is 12.6. The molecule has 1 atom stereocenters. The van der Waals surface area contributed by atoms with Crippen LogP contribution in [0.3, 0.4) is 0 Å². The average Bonchev–Trinajstić information content (AvgIpc) is 3.32. The maximum absolute atomic E-state index is 12.6. The summed E-state index contributed by atoms with van der Waals surface area (Å²) in [5, 5.41) is 9.19. The number of nitrogens with zero attached hydrogens (tertiary/aromatic N) is 3. The van der Waals surface area contributed by atoms with Crippen molar-refractivity contribution in [2.45, 2.75) is 12.8 Å². The van der Waals surface area contributed by atoms with E-state index in [-0.39, 0.29) is 12.6 Å². The van der Waals surface area contributed by atoms with Crippen LogP contribution in [0.1, 0.15) is 12.0 Å². The molecule has 2 aromatic carbocycles. The number of alkyl halides is 1. The predicted octanol–water partition coefficient (Wildman–Crippen LogP) is 4.93. The second kappa shape index (κ2) is 12.1. The Morgan fingerprint density at radius 3 is 2.75 bits per heavy atom. The number of aromatic nitrogens is 2. The lowest BCUT2D eigenvalue weighted by Crippen LogP contribution is -2.23. The largest absolute Gasteiger partial charge is 0.491 e. The van der Waals surface area contributed by atoms with Crippen LogP contribution in [0, 0.1) is 5.92 Å². The third-order valence-electron chi connectivity index (χ3n) is 6.06. The molecule has 188 valence electrons. The van der Waals surface area contributed by atoms with Gasteiger partial charge in [-0.05, 0) is 67.3 Å². The molecule has 0 bridgehead atoms. The number of benzene rings is 2. The molecule has 1 aliphatic heterocycles. The van der Waals surface area contributed by atoms with Crippen LogP contribution in [0.4, 0.5) is 33.2 Å². The number of halogens is 1. The molecule has 1 amide bonds. The van der Waals surface area contributed by atoms with Gasteiger partial charge in [-0.3, -0.25) is 4.79 Å². The minimum Gasteiger partial charge on any atom is -0.491 e. The number of hydrogen-bond acceptors (Lipinski definition) is 7. The quantitative estimate of drug-likeness (QED) is 0.328. The van der Waals surface area contributed by atoms with Crippen molar-refractivity contribution in [3.8, 4) is 5.75 Å². The van der Waals surface area contributed by atoms with Crippen LogP contribution in [-0.2, 0) is 11.2 Å². The molecule has 0 radical (unpaired) electrons. The lowest BCUT2D eigenvalue weighted by atomic mass is 9.98. The average molecular weight is 491 g/mol. The molecule has 3 aromatic rings. The van der Waals surface area contributed by atoms with Gasteiger partial charge in [0.2, 0.25) is 11.9 Å². The van der Waals surface area contributed by atoms with Gasteiger partial charge in [-0.1, -0.05) is 24.8 Å². The zero-order chi connectivity index (χ0) is 25.3. The summed E-state index contributed by atoms with van der Waals surface area (Å²) < 4.78 is 18.0. The summed E-state index contributed by atoms with van der Waals surface area (Å²) >= 11 is 0. The van der Waals surface area contributed by atoms with Crippen molar-refractivity contribution in [1.82, 2.24) is 14.9 Å². The minimum atomic E-state index is -0.286. The molecule has 1 saturated heterocycles. The number of amides is 1. The standard InChI is InChI=1S/C27H31FN6O2/c1-3-25(35)30-22-5-4-6-23(16-22)31-26-24(36-2)17-29-27(33-26)32-21-9-7-19(8-10-21)15-20-11-13-34(18-20)14-12-28/h3-10,16-17,20H,1,11-15,18H2,2H3,(H,30,35)(H2,29,31,32,33)/t20-/m0/s1. The highest BCUT2D eigenvalue weighted by Gasteiger charge is 2.22. The Balaban J connectivity index is 1.41. The smallest absolute Gasteiger partial charge is 0.247 e. The van der Waals surface area contributed by atoms with Crippen molar-refractivity contribution >= 4 is 34.7 Å². The number of rotatable bonds is 11. The van der Waals surface area contributed by atoms with Crippen LogP contribution in [0.15, 0.2) is 67.4 Å². The summed E-state index contributed by atoms with van der Waals surface area (Å²) in [6, 6.07) is 15.5. The van der Waals surface area contributed by atoms with Gasteiger partial charge < -0.3 is 25.6 Å². The Hall–Kier alpha value is -3.98. The van der Waals surface area contributed by atoms with Crippen LogP contribution in [0.5, 0.6) is 5.75 Å². The molecule has 8 nitrogen and oxygen atoms in total. The van der Waals surface area contributed by atoms with Gasteiger partial charge in [0.1, 0.15) is 6.67 Å². The van der Waals surface area contributed by atoms with Gasteiger partial charge >= 0.3 is 0 Å². The Morgan fingerprint density at radius 1 is 1.19 bits per heavy atom. The number of hydrogen-bond donors (Lipinski definition) is 3. The van der Waals surface area contributed by atoms with E-state index in [4.69, 9.17) is 4.74 Å². The first-order valence-electron chi connectivity index (χ1n) is 11.9. The fourth-order valence-corrected chi connectivity index (χ4v) is 4.26. The van der Waals surface area contributed by atoms with E-state index in [9.17, 15) is 9.18 Å². The van der Waals surface area contributed by atoms with Crippen molar-refractivity contribution in [3.63, 3.8) is 0 Å². The molecule has 9 heteroatoms. The van der Waals surface area contributed by atoms with Crippen LogP contribution in [0.25, 0.3) is 0 Å². The molecule has 36 heavy (non-hydrogen) atoms. The fraction of sp³-hybridized carbons (Fsp3) is 0.296. The molecule has 0 spiro atoms. The second-order valence-corrected chi connectivity index (χ2v) is 8.68. The first-order valence-corrected chi connectivity index (χ1v) is 11.9. The van der Waals surface area contributed by atoms with E-state index in [1.807, 2.05) is 24.3 Å². The Labute approximate surface area is 210 Å². The fourth-order valence-electron chi connectivity index (χ4n) is 4.26. The van der Waals surface area contributed by atoms with Gasteiger partial charge in [0.25, 0.3) is 0 Å². The van der Waals surface area contributed by atoms with Crippen LogP contribution >= 0.6 is 0 Å². The van der Waals surface area contributed by atoms with E-state index in [0.29, 0.717) is 35.7 Å². The monoisotopic (exact) mass is 490 g/mol. The molecular weight excluding hydrogens is 459 g/mol. The van der Waals surface area contributed by atoms with Crippen molar-refractivity contribution in [2.75, 3.05) is 49.4 Å². The Morgan fingerprint density at radius 2 is 2.00 bits per heavy atom. The lowest BCUT2D eigenvalue weighted by molar-refractivity contribution is -0.111. The summed E-state index contributed by atoms with van der Waals surface area (Å²) in [6.07, 6.45) is 4.91. The van der Waals surface area contributed by atoms with Crippen LogP contribution in [-0.4, -0.2) is 54.2 Å². The second-order valence-electron chi connectivity index (χ2n) is 8.68. The third-order valence-corrected chi connectivity index (χ3v) is 6.06.